The first kappa shape index (κ1) is 16.6. The minimum absolute atomic E-state index is 0.336. The summed E-state index contributed by atoms with van der Waals surface area (Å²) in [6, 6.07) is 6.15. The van der Waals surface area contributed by atoms with Gasteiger partial charge in [0.15, 0.2) is 0 Å². The van der Waals surface area contributed by atoms with Crippen molar-refractivity contribution in [1.29, 1.82) is 0 Å². The van der Waals surface area contributed by atoms with Crippen LogP contribution in [0.2, 0.25) is 5.02 Å². The molecule has 1 aliphatic rings. The Bertz CT molecular complexity index is 444. The number of likely N-dealkylation sites (N-methyl/N-ethyl adjacent to an activating group) is 1. The van der Waals surface area contributed by atoms with Gasteiger partial charge in [0.1, 0.15) is 0 Å². The molecule has 0 spiro atoms. The topological polar surface area (TPSA) is 24.5 Å². The molecule has 4 heteroatoms. The zero-order valence-corrected chi connectivity index (χ0v) is 14.1. The van der Waals surface area contributed by atoms with Gasteiger partial charge >= 0.3 is 0 Å². The molecule has 0 bridgehead atoms. The third-order valence-electron chi connectivity index (χ3n) is 3.82. The normalized spacial score (nSPS) is 18.4. The van der Waals surface area contributed by atoms with Gasteiger partial charge in [0.05, 0.1) is 16.8 Å². The Morgan fingerprint density at radius 3 is 2.90 bits per heavy atom. The summed E-state index contributed by atoms with van der Waals surface area (Å²) in [5, 5.41) is 4.32. The maximum atomic E-state index is 6.44. The van der Waals surface area contributed by atoms with E-state index in [-0.39, 0.29) is 0 Å². The van der Waals surface area contributed by atoms with E-state index in [1.54, 1.807) is 0 Å². The molecule has 1 fully saturated rings. The molecule has 0 aromatic heterocycles. The summed E-state index contributed by atoms with van der Waals surface area (Å²) in [6.45, 7) is 8.10. The van der Waals surface area contributed by atoms with Crippen LogP contribution in [0.4, 0.5) is 5.69 Å². The Hall–Kier alpha value is -0.770. The highest BCUT2D eigenvalue weighted by atomic mass is 35.5. The lowest BCUT2D eigenvalue weighted by Crippen LogP contribution is -2.30. The van der Waals surface area contributed by atoms with Gasteiger partial charge in [-0.15, -0.1) is 0 Å². The van der Waals surface area contributed by atoms with Crippen LogP contribution in [0.1, 0.15) is 32.3 Å². The van der Waals surface area contributed by atoms with Crippen molar-refractivity contribution in [3.05, 3.63) is 28.8 Å². The molecule has 1 atom stereocenters. The molecule has 0 radical (unpaired) electrons. The number of nitrogens with one attached hydrogen (secondary N) is 1. The molecule has 1 aliphatic heterocycles. The first-order valence-corrected chi connectivity index (χ1v) is 8.26. The van der Waals surface area contributed by atoms with E-state index < -0.39 is 0 Å². The summed E-state index contributed by atoms with van der Waals surface area (Å²) >= 11 is 6.44. The van der Waals surface area contributed by atoms with Crippen molar-refractivity contribution in [3.8, 4) is 0 Å². The first-order chi connectivity index (χ1) is 10.1. The van der Waals surface area contributed by atoms with E-state index in [1.165, 1.54) is 12.0 Å². The Kier molecular flexibility index (Phi) is 6.34. The van der Waals surface area contributed by atoms with Crippen molar-refractivity contribution < 1.29 is 4.74 Å². The van der Waals surface area contributed by atoms with Crippen LogP contribution >= 0.6 is 11.6 Å². The average Bonchev–Trinajstić information content (AvgIpc) is 2.91. The second kappa shape index (κ2) is 8.02. The second-order valence-corrected chi connectivity index (χ2v) is 6.70. The average molecular weight is 311 g/mol. The lowest BCUT2D eigenvalue weighted by atomic mass is 10.1. The smallest absolute Gasteiger partial charge is 0.0750 e. The molecule has 0 aliphatic carbocycles. The van der Waals surface area contributed by atoms with Crippen LogP contribution in [-0.4, -0.2) is 32.8 Å². The van der Waals surface area contributed by atoms with E-state index >= 15 is 0 Å². The van der Waals surface area contributed by atoms with Crippen LogP contribution < -0.4 is 10.2 Å². The number of nitrogens with zero attached hydrogens (tertiary/aromatic N) is 1. The Morgan fingerprint density at radius 1 is 1.43 bits per heavy atom. The number of rotatable bonds is 7. The molecular weight excluding hydrogens is 284 g/mol. The SMILES string of the molecule is CC(C)CNCc1cccc(Cl)c1N(C)CC1CCCO1. The van der Waals surface area contributed by atoms with Crippen LogP contribution in [-0.2, 0) is 11.3 Å². The summed E-state index contributed by atoms with van der Waals surface area (Å²) in [5.41, 5.74) is 2.38. The van der Waals surface area contributed by atoms with Gasteiger partial charge in [-0.05, 0) is 36.9 Å². The zero-order chi connectivity index (χ0) is 15.2. The van der Waals surface area contributed by atoms with Crippen molar-refractivity contribution in [2.45, 2.75) is 39.3 Å². The van der Waals surface area contributed by atoms with E-state index in [9.17, 15) is 0 Å². The highest BCUT2D eigenvalue weighted by molar-refractivity contribution is 6.33. The van der Waals surface area contributed by atoms with Crippen LogP contribution in [0.15, 0.2) is 18.2 Å². The van der Waals surface area contributed by atoms with Crippen molar-refractivity contribution in [1.82, 2.24) is 5.32 Å². The molecule has 1 saturated heterocycles. The Balaban J connectivity index is 2.04. The third-order valence-corrected chi connectivity index (χ3v) is 4.13. The summed E-state index contributed by atoms with van der Waals surface area (Å²) in [5.74, 6) is 0.650. The fourth-order valence-electron chi connectivity index (χ4n) is 2.81. The van der Waals surface area contributed by atoms with Crippen LogP contribution in [0.25, 0.3) is 0 Å². The number of hydrogen-bond donors (Lipinski definition) is 1. The van der Waals surface area contributed by atoms with Gasteiger partial charge < -0.3 is 15.0 Å². The van der Waals surface area contributed by atoms with Crippen LogP contribution in [0.5, 0.6) is 0 Å². The van der Waals surface area contributed by atoms with Crippen molar-refractivity contribution >= 4 is 17.3 Å². The fraction of sp³-hybridized carbons (Fsp3) is 0.647. The van der Waals surface area contributed by atoms with Gasteiger partial charge in [-0.1, -0.05) is 37.6 Å². The molecule has 21 heavy (non-hydrogen) atoms. The lowest BCUT2D eigenvalue weighted by Gasteiger charge is -2.26. The molecule has 1 N–H and O–H groups in total. The molecule has 1 aromatic carbocycles. The van der Waals surface area contributed by atoms with Crippen molar-refractivity contribution in [2.75, 3.05) is 31.6 Å². The van der Waals surface area contributed by atoms with Crippen LogP contribution in [0, 0.1) is 5.92 Å². The van der Waals surface area contributed by atoms with E-state index in [1.807, 2.05) is 12.1 Å². The van der Waals surface area contributed by atoms with Gasteiger partial charge in [-0.25, -0.2) is 0 Å². The van der Waals surface area contributed by atoms with Crippen molar-refractivity contribution in [2.24, 2.45) is 5.92 Å². The van der Waals surface area contributed by atoms with Crippen LogP contribution in [0.3, 0.4) is 0 Å². The van der Waals surface area contributed by atoms with E-state index in [0.29, 0.717) is 12.0 Å². The number of hydrogen-bond acceptors (Lipinski definition) is 3. The Labute approximate surface area is 133 Å². The quantitative estimate of drug-likeness (QED) is 0.831. The molecule has 0 saturated carbocycles. The number of halogens is 1. The van der Waals surface area contributed by atoms with Gasteiger partial charge in [0.25, 0.3) is 0 Å². The van der Waals surface area contributed by atoms with E-state index in [2.05, 4.69) is 37.2 Å². The maximum Gasteiger partial charge on any atom is 0.0750 e. The standard InChI is InChI=1S/C17H27ClN2O/c1-13(2)10-19-11-14-6-4-8-16(18)17(14)20(3)12-15-7-5-9-21-15/h4,6,8,13,15,19H,5,7,9-12H2,1-3H3. The first-order valence-electron chi connectivity index (χ1n) is 7.88. The van der Waals surface area contributed by atoms with Gasteiger partial charge in [-0.2, -0.15) is 0 Å². The minimum atomic E-state index is 0.336. The molecular formula is C17H27ClN2O. The lowest BCUT2D eigenvalue weighted by molar-refractivity contribution is 0.116. The molecule has 1 heterocycles. The van der Waals surface area contributed by atoms with Gasteiger partial charge in [-0.3, -0.25) is 0 Å². The monoisotopic (exact) mass is 310 g/mol. The molecule has 1 unspecified atom stereocenters. The van der Waals surface area contributed by atoms with E-state index in [4.69, 9.17) is 16.3 Å². The zero-order valence-electron chi connectivity index (χ0n) is 13.4. The summed E-state index contributed by atoms with van der Waals surface area (Å²) in [7, 11) is 2.11. The maximum absolute atomic E-state index is 6.44. The number of benzene rings is 1. The van der Waals surface area contributed by atoms with Gasteiger partial charge in [0.2, 0.25) is 0 Å². The molecule has 0 amide bonds. The molecule has 3 nitrogen and oxygen atoms in total. The largest absolute Gasteiger partial charge is 0.376 e. The highest BCUT2D eigenvalue weighted by Crippen LogP contribution is 2.30. The molecule has 118 valence electrons. The third kappa shape index (κ3) is 4.87. The minimum Gasteiger partial charge on any atom is -0.376 e. The number of para-hydroxylation sites is 1. The fourth-order valence-corrected chi connectivity index (χ4v) is 3.15. The van der Waals surface area contributed by atoms with E-state index in [0.717, 1.165) is 43.4 Å². The highest BCUT2D eigenvalue weighted by Gasteiger charge is 2.20. The number of ether oxygens (including phenoxy) is 1. The number of anilines is 1. The predicted octanol–water partition coefficient (Wildman–Crippen LogP) is 3.70. The summed E-state index contributed by atoms with van der Waals surface area (Å²) in [6.07, 6.45) is 2.65. The van der Waals surface area contributed by atoms with Gasteiger partial charge in [0, 0.05) is 26.7 Å². The van der Waals surface area contributed by atoms with Crippen molar-refractivity contribution in [3.63, 3.8) is 0 Å². The Morgan fingerprint density at radius 2 is 2.24 bits per heavy atom. The molecule has 1 aromatic rings. The second-order valence-electron chi connectivity index (χ2n) is 6.29. The summed E-state index contributed by atoms with van der Waals surface area (Å²) in [4.78, 5) is 2.24. The summed E-state index contributed by atoms with van der Waals surface area (Å²) < 4.78 is 5.74. The molecule has 2 rings (SSSR count). The predicted molar refractivity (Wildman–Crippen MR) is 90.2 cm³/mol.